The maximum atomic E-state index is 14.2. The Labute approximate surface area is 204 Å². The molecule has 0 radical (unpaired) electrons. The van der Waals surface area contributed by atoms with Crippen LogP contribution in [0, 0.1) is 17.7 Å². The molecule has 15 heteroatoms. The minimum atomic E-state index is -5.13. The van der Waals surface area contributed by atoms with Gasteiger partial charge in [0.15, 0.2) is 0 Å². The van der Waals surface area contributed by atoms with Gasteiger partial charge in [-0.3, -0.25) is 19.6 Å². The Bertz CT molecular complexity index is 1250. The molecule has 2 aliphatic heterocycles. The van der Waals surface area contributed by atoms with Gasteiger partial charge < -0.3 is 15.4 Å². The molecule has 4 rings (SSSR count). The molecule has 2 aliphatic rings. The number of carbonyl (C=O) groups excluding carboxylic acids is 2. The smallest absolute Gasteiger partial charge is 0.406 e. The number of hydrazine groups is 1. The fraction of sp³-hybridized carbons (Fsp3) is 0.318. The Morgan fingerprint density at radius 2 is 1.86 bits per heavy atom. The summed E-state index contributed by atoms with van der Waals surface area (Å²) in [6.07, 6.45) is -8.10. The average Bonchev–Trinajstić information content (AvgIpc) is 3.35. The van der Waals surface area contributed by atoms with Crippen LogP contribution in [0.2, 0.25) is 0 Å². The Morgan fingerprint density at radius 1 is 1.14 bits per heavy atom. The summed E-state index contributed by atoms with van der Waals surface area (Å²) in [5, 5.41) is 6.13. The van der Waals surface area contributed by atoms with Gasteiger partial charge in [-0.15, -0.1) is 13.2 Å². The van der Waals surface area contributed by atoms with Gasteiger partial charge in [-0.2, -0.15) is 13.2 Å². The molecule has 1 fully saturated rings. The third-order valence-electron chi connectivity index (χ3n) is 5.69. The number of ether oxygens (including phenoxy) is 1. The van der Waals surface area contributed by atoms with E-state index >= 15 is 0 Å². The molecule has 3 heterocycles. The van der Waals surface area contributed by atoms with E-state index in [0.717, 1.165) is 23.3 Å². The van der Waals surface area contributed by atoms with E-state index < -0.39 is 53.6 Å². The minimum absolute atomic E-state index is 0.0679. The van der Waals surface area contributed by atoms with Gasteiger partial charge in [0.25, 0.3) is 0 Å². The van der Waals surface area contributed by atoms with Crippen molar-refractivity contribution in [3.63, 3.8) is 0 Å². The third-order valence-corrected chi connectivity index (χ3v) is 5.69. The number of nitrogens with one attached hydrogen (secondary N) is 3. The number of pyridine rings is 1. The van der Waals surface area contributed by atoms with E-state index in [4.69, 9.17) is 0 Å². The van der Waals surface area contributed by atoms with Gasteiger partial charge >= 0.3 is 12.5 Å². The number of nitrogens with zero attached hydrogens (tertiary/aromatic N) is 2. The van der Waals surface area contributed by atoms with Crippen LogP contribution in [0.5, 0.6) is 5.75 Å². The summed E-state index contributed by atoms with van der Waals surface area (Å²) in [7, 11) is 0. The van der Waals surface area contributed by atoms with Crippen molar-refractivity contribution in [2.75, 3.05) is 11.6 Å². The van der Waals surface area contributed by atoms with E-state index in [2.05, 4.69) is 25.8 Å². The summed E-state index contributed by atoms with van der Waals surface area (Å²) in [5.41, 5.74) is 1.10. The number of hydrogen-bond acceptors (Lipinski definition) is 6. The molecule has 2 aromatic rings. The molecule has 1 aromatic heterocycles. The zero-order valence-electron chi connectivity index (χ0n) is 18.7. The van der Waals surface area contributed by atoms with Gasteiger partial charge in [0, 0.05) is 30.3 Å². The number of rotatable bonds is 5. The van der Waals surface area contributed by atoms with Gasteiger partial charge in [-0.25, -0.2) is 9.82 Å². The second kappa shape index (κ2) is 9.53. The van der Waals surface area contributed by atoms with Crippen molar-refractivity contribution in [2.24, 2.45) is 11.8 Å². The van der Waals surface area contributed by atoms with Gasteiger partial charge in [-0.1, -0.05) is 6.92 Å². The van der Waals surface area contributed by atoms with Crippen molar-refractivity contribution in [1.29, 1.82) is 0 Å². The summed E-state index contributed by atoms with van der Waals surface area (Å²) in [6.45, 7) is 1.61. The van der Waals surface area contributed by atoms with Crippen molar-refractivity contribution >= 4 is 23.2 Å². The van der Waals surface area contributed by atoms with Crippen molar-refractivity contribution < 1.29 is 45.1 Å². The largest absolute Gasteiger partial charge is 0.573 e. The molecule has 0 saturated carbocycles. The second-order valence-electron chi connectivity index (χ2n) is 8.30. The topological polar surface area (TPSA) is 95.6 Å². The summed E-state index contributed by atoms with van der Waals surface area (Å²) in [4.78, 5) is 28.0. The number of alkyl halides is 6. The standard InChI is InChI=1S/C22H18F7N5O3/c1-10-16(9-31-19(10)35)20(36)32-18-6-17(11-2-13(23)5-15(3-11)37-22(27,28)29)34(33-18)14-4-12(7-30-8-14)21(24,25)26/h2-8,10,16,18,33H,9H2,1H3,(H,31,35)(H,32,36)/t10-,16+,18?/m1/s1. The van der Waals surface area contributed by atoms with E-state index in [1.165, 1.54) is 6.08 Å². The van der Waals surface area contributed by atoms with Crippen LogP contribution in [0.4, 0.5) is 36.4 Å². The lowest BCUT2D eigenvalue weighted by Crippen LogP contribution is -2.49. The van der Waals surface area contributed by atoms with Gasteiger partial charge in [0.1, 0.15) is 17.7 Å². The van der Waals surface area contributed by atoms with Crippen LogP contribution in [0.25, 0.3) is 5.70 Å². The highest BCUT2D eigenvalue weighted by atomic mass is 19.4. The first-order valence-corrected chi connectivity index (χ1v) is 10.7. The molecule has 2 amide bonds. The van der Waals surface area contributed by atoms with E-state index in [0.29, 0.717) is 18.3 Å². The van der Waals surface area contributed by atoms with Crippen LogP contribution in [-0.4, -0.2) is 35.9 Å². The highest BCUT2D eigenvalue weighted by Crippen LogP contribution is 2.36. The van der Waals surface area contributed by atoms with Crippen LogP contribution in [-0.2, 0) is 15.8 Å². The molecule has 37 heavy (non-hydrogen) atoms. The first kappa shape index (κ1) is 26.2. The highest BCUT2D eigenvalue weighted by Gasteiger charge is 2.38. The average molecular weight is 533 g/mol. The predicted octanol–water partition coefficient (Wildman–Crippen LogP) is 3.33. The van der Waals surface area contributed by atoms with Crippen LogP contribution >= 0.6 is 0 Å². The highest BCUT2D eigenvalue weighted by molar-refractivity contribution is 5.91. The fourth-order valence-corrected chi connectivity index (χ4v) is 3.91. The summed E-state index contributed by atoms with van der Waals surface area (Å²) in [5.74, 6) is -4.29. The number of amides is 2. The van der Waals surface area contributed by atoms with Gasteiger partial charge in [0.05, 0.1) is 29.1 Å². The van der Waals surface area contributed by atoms with Crippen LogP contribution in [0.15, 0.2) is 42.7 Å². The quantitative estimate of drug-likeness (QED) is 0.511. The summed E-state index contributed by atoms with van der Waals surface area (Å²) < 4.78 is 96.0. The number of benzene rings is 1. The second-order valence-corrected chi connectivity index (χ2v) is 8.30. The molecule has 0 aliphatic carbocycles. The Hall–Kier alpha value is -3.88. The van der Waals surface area contributed by atoms with E-state index in [9.17, 15) is 40.3 Å². The molecule has 1 saturated heterocycles. The SMILES string of the molecule is C[C@H]1C(=O)NC[C@@H]1C(=O)NC1C=C(c2cc(F)cc(OC(F)(F)F)c2)N(c2cncc(C(F)(F)F)c2)N1. The number of anilines is 1. The Kier molecular flexibility index (Phi) is 6.75. The van der Waals surface area contributed by atoms with Crippen LogP contribution in [0.1, 0.15) is 18.1 Å². The van der Waals surface area contributed by atoms with Crippen molar-refractivity contribution in [3.8, 4) is 5.75 Å². The van der Waals surface area contributed by atoms with Crippen LogP contribution < -0.4 is 25.8 Å². The lowest BCUT2D eigenvalue weighted by atomic mass is 9.97. The third kappa shape index (κ3) is 5.93. The maximum Gasteiger partial charge on any atom is 0.573 e. The first-order valence-electron chi connectivity index (χ1n) is 10.7. The molecule has 3 N–H and O–H groups in total. The monoisotopic (exact) mass is 533 g/mol. The number of carbonyl (C=O) groups is 2. The van der Waals surface area contributed by atoms with Crippen LogP contribution in [0.3, 0.4) is 0 Å². The Morgan fingerprint density at radius 3 is 2.49 bits per heavy atom. The zero-order valence-corrected chi connectivity index (χ0v) is 18.7. The van der Waals surface area contributed by atoms with Gasteiger partial charge in [0.2, 0.25) is 11.8 Å². The maximum absolute atomic E-state index is 14.2. The Balaban J connectivity index is 1.70. The van der Waals surface area contributed by atoms with Crippen molar-refractivity contribution in [1.82, 2.24) is 21.0 Å². The van der Waals surface area contributed by atoms with Gasteiger partial charge in [-0.05, 0) is 24.3 Å². The lowest BCUT2D eigenvalue weighted by Gasteiger charge is -2.25. The van der Waals surface area contributed by atoms with Crippen molar-refractivity contribution in [2.45, 2.75) is 25.6 Å². The normalized spacial score (nSPS) is 22.1. The fourth-order valence-electron chi connectivity index (χ4n) is 3.91. The molecule has 0 bridgehead atoms. The molecule has 8 nitrogen and oxygen atoms in total. The van der Waals surface area contributed by atoms with E-state index in [-0.39, 0.29) is 29.4 Å². The molecule has 3 atom stereocenters. The number of aromatic nitrogens is 1. The molecule has 1 aromatic carbocycles. The molecular formula is C22H18F7N5O3. The van der Waals surface area contributed by atoms with Crippen molar-refractivity contribution in [3.05, 3.63) is 59.7 Å². The number of halogens is 7. The molecular weight excluding hydrogens is 515 g/mol. The molecule has 1 unspecified atom stereocenters. The van der Waals surface area contributed by atoms with E-state index in [1.54, 1.807) is 6.92 Å². The summed E-state index contributed by atoms with van der Waals surface area (Å²) in [6, 6.07) is 2.88. The molecule has 198 valence electrons. The first-order chi connectivity index (χ1) is 17.2. The minimum Gasteiger partial charge on any atom is -0.406 e. The summed E-state index contributed by atoms with van der Waals surface area (Å²) >= 11 is 0. The zero-order chi connectivity index (χ0) is 27.1. The molecule has 0 spiro atoms. The predicted molar refractivity (Wildman–Crippen MR) is 114 cm³/mol. The van der Waals surface area contributed by atoms with E-state index in [1.807, 2.05) is 0 Å². The number of hydrogen-bond donors (Lipinski definition) is 3. The lowest BCUT2D eigenvalue weighted by molar-refractivity contribution is -0.274.